The SMILES string of the molecule is C#CCC(C)NC(=O)Nc1ccccc1Cl. The zero-order valence-electron chi connectivity index (χ0n) is 8.96. The Kier molecular flexibility index (Phi) is 4.68. The van der Waals surface area contributed by atoms with E-state index in [9.17, 15) is 4.79 Å². The number of benzene rings is 1. The van der Waals surface area contributed by atoms with Gasteiger partial charge in [-0.2, -0.15) is 0 Å². The molecule has 0 saturated carbocycles. The first kappa shape index (κ1) is 12.4. The van der Waals surface area contributed by atoms with Gasteiger partial charge in [0, 0.05) is 12.5 Å². The van der Waals surface area contributed by atoms with Gasteiger partial charge in [-0.05, 0) is 19.1 Å². The number of amides is 2. The third-order valence-corrected chi connectivity index (χ3v) is 2.25. The summed E-state index contributed by atoms with van der Waals surface area (Å²) in [5.41, 5.74) is 0.578. The van der Waals surface area contributed by atoms with Crippen LogP contribution in [0.15, 0.2) is 24.3 Å². The molecule has 16 heavy (non-hydrogen) atoms. The van der Waals surface area contributed by atoms with E-state index in [2.05, 4.69) is 16.6 Å². The smallest absolute Gasteiger partial charge is 0.319 e. The number of terminal acetylenes is 1. The second-order valence-electron chi connectivity index (χ2n) is 3.39. The third kappa shape index (κ3) is 3.84. The van der Waals surface area contributed by atoms with E-state index in [-0.39, 0.29) is 12.1 Å². The van der Waals surface area contributed by atoms with E-state index in [1.807, 2.05) is 6.92 Å². The largest absolute Gasteiger partial charge is 0.334 e. The van der Waals surface area contributed by atoms with Gasteiger partial charge in [0.1, 0.15) is 0 Å². The lowest BCUT2D eigenvalue weighted by atomic mass is 10.2. The molecule has 1 aromatic rings. The van der Waals surface area contributed by atoms with E-state index in [0.29, 0.717) is 17.1 Å². The van der Waals surface area contributed by atoms with E-state index >= 15 is 0 Å². The molecule has 0 heterocycles. The Morgan fingerprint density at radius 2 is 2.25 bits per heavy atom. The highest BCUT2D eigenvalue weighted by Crippen LogP contribution is 2.20. The number of para-hydroxylation sites is 1. The van der Waals surface area contributed by atoms with Gasteiger partial charge in [-0.15, -0.1) is 12.3 Å². The molecule has 4 heteroatoms. The predicted molar refractivity (Wildman–Crippen MR) is 66.5 cm³/mol. The Labute approximate surface area is 100 Å². The topological polar surface area (TPSA) is 41.1 Å². The molecule has 0 fully saturated rings. The zero-order chi connectivity index (χ0) is 12.0. The quantitative estimate of drug-likeness (QED) is 0.779. The summed E-state index contributed by atoms with van der Waals surface area (Å²) in [5.74, 6) is 2.48. The summed E-state index contributed by atoms with van der Waals surface area (Å²) >= 11 is 5.89. The molecule has 3 nitrogen and oxygen atoms in total. The second kappa shape index (κ2) is 6.04. The van der Waals surface area contributed by atoms with Crippen LogP contribution in [0.3, 0.4) is 0 Å². The van der Waals surface area contributed by atoms with Crippen LogP contribution in [-0.2, 0) is 0 Å². The highest BCUT2D eigenvalue weighted by atomic mass is 35.5. The van der Waals surface area contributed by atoms with Crippen LogP contribution < -0.4 is 10.6 Å². The van der Waals surface area contributed by atoms with Crippen LogP contribution in [0.5, 0.6) is 0 Å². The lowest BCUT2D eigenvalue weighted by Crippen LogP contribution is -2.35. The monoisotopic (exact) mass is 236 g/mol. The molecule has 84 valence electrons. The maximum atomic E-state index is 11.5. The maximum absolute atomic E-state index is 11.5. The molecule has 0 bridgehead atoms. The molecule has 0 radical (unpaired) electrons. The van der Waals surface area contributed by atoms with Crippen molar-refractivity contribution in [2.75, 3.05) is 5.32 Å². The summed E-state index contributed by atoms with van der Waals surface area (Å²) in [6.45, 7) is 1.84. The first-order chi connectivity index (χ1) is 7.63. The Morgan fingerprint density at radius 1 is 1.56 bits per heavy atom. The van der Waals surface area contributed by atoms with Crippen molar-refractivity contribution >= 4 is 23.3 Å². The minimum Gasteiger partial charge on any atom is -0.334 e. The van der Waals surface area contributed by atoms with Crippen LogP contribution >= 0.6 is 11.6 Å². The van der Waals surface area contributed by atoms with Crippen molar-refractivity contribution in [3.63, 3.8) is 0 Å². The van der Waals surface area contributed by atoms with Gasteiger partial charge in [-0.3, -0.25) is 0 Å². The molecule has 2 amide bonds. The Balaban J connectivity index is 2.53. The zero-order valence-corrected chi connectivity index (χ0v) is 9.71. The lowest BCUT2D eigenvalue weighted by Gasteiger charge is -2.12. The molecule has 0 aliphatic rings. The van der Waals surface area contributed by atoms with Crippen molar-refractivity contribution in [1.82, 2.24) is 5.32 Å². The first-order valence-corrected chi connectivity index (χ1v) is 5.26. The fraction of sp³-hybridized carbons (Fsp3) is 0.250. The van der Waals surface area contributed by atoms with Gasteiger partial charge in [0.05, 0.1) is 10.7 Å². The summed E-state index contributed by atoms with van der Waals surface area (Å²) in [5, 5.41) is 5.86. The Bertz CT molecular complexity index is 412. The van der Waals surface area contributed by atoms with Crippen molar-refractivity contribution < 1.29 is 4.79 Å². The van der Waals surface area contributed by atoms with Gasteiger partial charge in [-0.1, -0.05) is 23.7 Å². The van der Waals surface area contributed by atoms with E-state index in [4.69, 9.17) is 18.0 Å². The van der Waals surface area contributed by atoms with Crippen molar-refractivity contribution in [2.24, 2.45) is 0 Å². The Morgan fingerprint density at radius 3 is 2.88 bits per heavy atom. The summed E-state index contributed by atoms with van der Waals surface area (Å²) in [4.78, 5) is 11.5. The van der Waals surface area contributed by atoms with Crippen LogP contribution in [0.2, 0.25) is 5.02 Å². The van der Waals surface area contributed by atoms with Crippen molar-refractivity contribution in [3.05, 3.63) is 29.3 Å². The summed E-state index contributed by atoms with van der Waals surface area (Å²) in [7, 11) is 0. The number of hydrogen-bond acceptors (Lipinski definition) is 1. The molecule has 1 aromatic carbocycles. The Hall–Kier alpha value is -1.66. The van der Waals surface area contributed by atoms with Gasteiger partial charge in [0.15, 0.2) is 0 Å². The number of rotatable bonds is 3. The fourth-order valence-corrected chi connectivity index (χ4v) is 1.36. The minimum absolute atomic E-state index is 0.0625. The fourth-order valence-electron chi connectivity index (χ4n) is 1.17. The van der Waals surface area contributed by atoms with Crippen molar-refractivity contribution in [1.29, 1.82) is 0 Å². The van der Waals surface area contributed by atoms with Gasteiger partial charge < -0.3 is 10.6 Å². The van der Waals surface area contributed by atoms with Gasteiger partial charge in [-0.25, -0.2) is 4.79 Å². The average molecular weight is 237 g/mol. The molecule has 0 spiro atoms. The second-order valence-corrected chi connectivity index (χ2v) is 3.79. The normalized spacial score (nSPS) is 11.3. The molecule has 0 aromatic heterocycles. The van der Waals surface area contributed by atoms with E-state index < -0.39 is 0 Å². The number of urea groups is 1. The molecule has 0 saturated heterocycles. The third-order valence-electron chi connectivity index (χ3n) is 1.92. The van der Waals surface area contributed by atoms with Crippen molar-refractivity contribution in [2.45, 2.75) is 19.4 Å². The standard InChI is InChI=1S/C12H13ClN2O/c1-3-6-9(2)14-12(16)15-11-8-5-4-7-10(11)13/h1,4-5,7-9H,6H2,2H3,(H2,14,15,16). The molecule has 1 unspecified atom stereocenters. The van der Waals surface area contributed by atoms with Gasteiger partial charge >= 0.3 is 6.03 Å². The molecule has 0 aliphatic carbocycles. The molecular weight excluding hydrogens is 224 g/mol. The number of nitrogens with one attached hydrogen (secondary N) is 2. The van der Waals surface area contributed by atoms with Crippen LogP contribution in [0.1, 0.15) is 13.3 Å². The van der Waals surface area contributed by atoms with E-state index in [0.717, 1.165) is 0 Å². The van der Waals surface area contributed by atoms with Crippen LogP contribution in [-0.4, -0.2) is 12.1 Å². The molecule has 1 rings (SSSR count). The highest BCUT2D eigenvalue weighted by molar-refractivity contribution is 6.33. The number of anilines is 1. The minimum atomic E-state index is -0.309. The number of carbonyl (C=O) groups is 1. The highest BCUT2D eigenvalue weighted by Gasteiger charge is 2.07. The molecule has 1 atom stereocenters. The lowest BCUT2D eigenvalue weighted by molar-refractivity contribution is 0.249. The van der Waals surface area contributed by atoms with Crippen LogP contribution in [0.4, 0.5) is 10.5 Å². The van der Waals surface area contributed by atoms with E-state index in [1.54, 1.807) is 24.3 Å². The summed E-state index contributed by atoms with van der Waals surface area (Å²) in [6, 6.07) is 6.66. The predicted octanol–water partition coefficient (Wildman–Crippen LogP) is 2.87. The number of carbonyl (C=O) groups excluding carboxylic acids is 1. The molecular formula is C12H13ClN2O. The molecule has 0 aliphatic heterocycles. The number of halogens is 1. The summed E-state index contributed by atoms with van der Waals surface area (Å²) in [6.07, 6.45) is 5.63. The van der Waals surface area contributed by atoms with Crippen molar-refractivity contribution in [3.8, 4) is 12.3 Å². The van der Waals surface area contributed by atoms with Gasteiger partial charge in [0.25, 0.3) is 0 Å². The average Bonchev–Trinajstić information content (AvgIpc) is 2.21. The molecule has 2 N–H and O–H groups in total. The van der Waals surface area contributed by atoms with Crippen LogP contribution in [0, 0.1) is 12.3 Å². The first-order valence-electron chi connectivity index (χ1n) is 4.89. The maximum Gasteiger partial charge on any atom is 0.319 e. The van der Waals surface area contributed by atoms with Gasteiger partial charge in [0.2, 0.25) is 0 Å². The number of hydrogen-bond donors (Lipinski definition) is 2. The van der Waals surface area contributed by atoms with Crippen LogP contribution in [0.25, 0.3) is 0 Å². The van der Waals surface area contributed by atoms with E-state index in [1.165, 1.54) is 0 Å². The summed E-state index contributed by atoms with van der Waals surface area (Å²) < 4.78 is 0.